The van der Waals surface area contributed by atoms with Gasteiger partial charge in [0.15, 0.2) is 0 Å². The molecule has 0 aromatic heterocycles. The maximum atomic E-state index is 5.52. The summed E-state index contributed by atoms with van der Waals surface area (Å²) in [4.78, 5) is -0.158. The summed E-state index contributed by atoms with van der Waals surface area (Å²) in [5, 5.41) is 0. The lowest BCUT2D eigenvalue weighted by molar-refractivity contribution is 0.696. The van der Waals surface area contributed by atoms with Gasteiger partial charge in [0, 0.05) is 0 Å². The standard InChI is InChI=1S/C6H13Cl2P/c7-6(8)4-2-1-3-5-9/h6H,1-5,9H2. The van der Waals surface area contributed by atoms with Gasteiger partial charge in [-0.05, 0) is 19.0 Å². The molecule has 1 atom stereocenters. The van der Waals surface area contributed by atoms with Gasteiger partial charge in [-0.25, -0.2) is 0 Å². The molecule has 0 aromatic carbocycles. The van der Waals surface area contributed by atoms with Crippen molar-refractivity contribution >= 4 is 32.4 Å². The minimum Gasteiger partial charge on any atom is -0.138 e. The van der Waals surface area contributed by atoms with E-state index < -0.39 is 0 Å². The molecule has 0 aromatic rings. The first-order valence-electron chi connectivity index (χ1n) is 3.25. The van der Waals surface area contributed by atoms with Crippen LogP contribution >= 0.6 is 32.4 Å². The number of alkyl halides is 2. The Labute approximate surface area is 69.5 Å². The van der Waals surface area contributed by atoms with Crippen LogP contribution in [0.3, 0.4) is 0 Å². The van der Waals surface area contributed by atoms with E-state index in [1.165, 1.54) is 19.0 Å². The molecule has 0 N–H and O–H groups in total. The molecule has 0 rings (SSSR count). The molecule has 0 aliphatic carbocycles. The number of rotatable bonds is 5. The smallest absolute Gasteiger partial charge is 0.107 e. The molecule has 0 nitrogen and oxygen atoms in total. The molecule has 0 radical (unpaired) electrons. The topological polar surface area (TPSA) is 0 Å². The quantitative estimate of drug-likeness (QED) is 0.352. The van der Waals surface area contributed by atoms with Gasteiger partial charge in [0.2, 0.25) is 0 Å². The average molecular weight is 187 g/mol. The van der Waals surface area contributed by atoms with Crippen LogP contribution in [0.25, 0.3) is 0 Å². The summed E-state index contributed by atoms with van der Waals surface area (Å²) in [6, 6.07) is 0. The maximum absolute atomic E-state index is 5.52. The summed E-state index contributed by atoms with van der Waals surface area (Å²) in [5.74, 6) is 0. The third-order valence-electron chi connectivity index (χ3n) is 1.13. The molecule has 1 unspecified atom stereocenters. The molecular formula is C6H13Cl2P. The highest BCUT2D eigenvalue weighted by Gasteiger charge is 1.96. The van der Waals surface area contributed by atoms with Crippen LogP contribution < -0.4 is 0 Å². The first kappa shape index (κ1) is 10.0. The maximum Gasteiger partial charge on any atom is 0.107 e. The lowest BCUT2D eigenvalue weighted by Gasteiger charge is -1.98. The summed E-state index contributed by atoms with van der Waals surface area (Å²) in [6.07, 6.45) is 5.81. The monoisotopic (exact) mass is 186 g/mol. The second-order valence-corrected chi connectivity index (χ2v) is 3.88. The van der Waals surface area contributed by atoms with Crippen LogP contribution in [-0.2, 0) is 0 Å². The zero-order valence-corrected chi connectivity index (χ0v) is 8.11. The molecule has 56 valence electrons. The van der Waals surface area contributed by atoms with Crippen molar-refractivity contribution in [1.82, 2.24) is 0 Å². The predicted molar refractivity (Wildman–Crippen MR) is 48.5 cm³/mol. The van der Waals surface area contributed by atoms with Gasteiger partial charge >= 0.3 is 0 Å². The first-order valence-corrected chi connectivity index (χ1v) is 4.94. The predicted octanol–water partition coefficient (Wildman–Crippen LogP) is 3.23. The van der Waals surface area contributed by atoms with Crippen molar-refractivity contribution in [2.75, 3.05) is 6.16 Å². The van der Waals surface area contributed by atoms with Crippen LogP contribution in [-0.4, -0.2) is 11.0 Å². The van der Waals surface area contributed by atoms with Gasteiger partial charge < -0.3 is 0 Å². The van der Waals surface area contributed by atoms with Crippen molar-refractivity contribution in [2.45, 2.75) is 30.5 Å². The zero-order valence-electron chi connectivity index (χ0n) is 5.45. The van der Waals surface area contributed by atoms with Gasteiger partial charge in [0.05, 0.1) is 0 Å². The van der Waals surface area contributed by atoms with E-state index in [-0.39, 0.29) is 4.84 Å². The highest BCUT2D eigenvalue weighted by Crippen LogP contribution is 2.12. The molecule has 0 spiro atoms. The summed E-state index contributed by atoms with van der Waals surface area (Å²) in [6.45, 7) is 0. The fraction of sp³-hybridized carbons (Fsp3) is 1.00. The average Bonchev–Trinajstić information content (AvgIpc) is 1.80. The molecule has 0 fully saturated rings. The normalized spacial score (nSPS) is 10.7. The number of hydrogen-bond acceptors (Lipinski definition) is 0. The van der Waals surface area contributed by atoms with E-state index in [9.17, 15) is 0 Å². The van der Waals surface area contributed by atoms with Crippen LogP contribution in [0.4, 0.5) is 0 Å². The van der Waals surface area contributed by atoms with Crippen LogP contribution in [0.1, 0.15) is 25.7 Å². The zero-order chi connectivity index (χ0) is 7.11. The second kappa shape index (κ2) is 7.12. The number of hydrogen-bond donors (Lipinski definition) is 0. The third-order valence-corrected chi connectivity index (χ3v) is 1.97. The van der Waals surface area contributed by atoms with Crippen molar-refractivity contribution in [3.63, 3.8) is 0 Å². The lowest BCUT2D eigenvalue weighted by atomic mass is 10.2. The summed E-state index contributed by atoms with van der Waals surface area (Å²) < 4.78 is 0. The van der Waals surface area contributed by atoms with E-state index in [0.717, 1.165) is 12.8 Å². The largest absolute Gasteiger partial charge is 0.138 e. The SMILES string of the molecule is PCCCCCC(Cl)Cl. The minimum atomic E-state index is -0.158. The van der Waals surface area contributed by atoms with Crippen molar-refractivity contribution in [3.05, 3.63) is 0 Å². The Hall–Kier alpha value is 1.01. The number of halogens is 2. The Bertz CT molecular complexity index is 57.0. The van der Waals surface area contributed by atoms with Gasteiger partial charge in [0.1, 0.15) is 4.84 Å². The molecule has 0 aliphatic rings. The first-order chi connectivity index (χ1) is 4.27. The van der Waals surface area contributed by atoms with Gasteiger partial charge in [-0.3, -0.25) is 0 Å². The summed E-state index contributed by atoms with van der Waals surface area (Å²) in [5.41, 5.74) is 0. The van der Waals surface area contributed by atoms with Gasteiger partial charge in [-0.2, -0.15) is 0 Å². The summed E-state index contributed by atoms with van der Waals surface area (Å²) >= 11 is 11.0. The van der Waals surface area contributed by atoms with Crippen LogP contribution in [0.2, 0.25) is 0 Å². The number of unbranched alkanes of at least 4 members (excludes halogenated alkanes) is 2. The molecule has 0 amide bonds. The summed E-state index contributed by atoms with van der Waals surface area (Å²) in [7, 11) is 2.71. The van der Waals surface area contributed by atoms with E-state index in [2.05, 4.69) is 9.24 Å². The van der Waals surface area contributed by atoms with E-state index in [4.69, 9.17) is 23.2 Å². The molecule has 3 heteroatoms. The van der Waals surface area contributed by atoms with Crippen molar-refractivity contribution in [3.8, 4) is 0 Å². The van der Waals surface area contributed by atoms with E-state index in [1.807, 2.05) is 0 Å². The second-order valence-electron chi connectivity index (χ2n) is 2.03. The minimum absolute atomic E-state index is 0.158. The molecule has 0 saturated carbocycles. The Morgan fingerprint density at radius 3 is 2.22 bits per heavy atom. The van der Waals surface area contributed by atoms with Gasteiger partial charge in [-0.1, -0.05) is 12.8 Å². The third kappa shape index (κ3) is 9.01. The van der Waals surface area contributed by atoms with Crippen LogP contribution in [0.15, 0.2) is 0 Å². The molecule has 0 heterocycles. The highest BCUT2D eigenvalue weighted by molar-refractivity contribution is 7.16. The van der Waals surface area contributed by atoms with E-state index in [0.29, 0.717) is 0 Å². The Morgan fingerprint density at radius 1 is 1.11 bits per heavy atom. The van der Waals surface area contributed by atoms with Crippen molar-refractivity contribution in [2.24, 2.45) is 0 Å². The molecule has 0 aliphatic heterocycles. The molecule has 0 saturated heterocycles. The highest BCUT2D eigenvalue weighted by atomic mass is 35.5. The van der Waals surface area contributed by atoms with Gasteiger partial charge in [-0.15, -0.1) is 32.4 Å². The van der Waals surface area contributed by atoms with Crippen molar-refractivity contribution in [1.29, 1.82) is 0 Å². The van der Waals surface area contributed by atoms with E-state index in [1.54, 1.807) is 0 Å². The van der Waals surface area contributed by atoms with Gasteiger partial charge in [0.25, 0.3) is 0 Å². The Balaban J connectivity index is 2.75. The molecule has 9 heavy (non-hydrogen) atoms. The van der Waals surface area contributed by atoms with Crippen molar-refractivity contribution < 1.29 is 0 Å². The Kier molecular flexibility index (Phi) is 7.92. The molecular weight excluding hydrogens is 174 g/mol. The lowest BCUT2D eigenvalue weighted by Crippen LogP contribution is -1.86. The van der Waals surface area contributed by atoms with Crippen LogP contribution in [0, 0.1) is 0 Å². The fourth-order valence-corrected chi connectivity index (χ4v) is 1.22. The Morgan fingerprint density at radius 2 is 1.78 bits per heavy atom. The fourth-order valence-electron chi connectivity index (χ4n) is 0.620. The van der Waals surface area contributed by atoms with Crippen LogP contribution in [0.5, 0.6) is 0 Å². The molecule has 0 bridgehead atoms. The van der Waals surface area contributed by atoms with E-state index >= 15 is 0 Å².